The number of rotatable bonds is 2. The molecule has 0 atom stereocenters. The molecule has 1 aromatic heterocycles. The molecule has 5 heteroatoms. The van der Waals surface area contributed by atoms with Gasteiger partial charge in [0.15, 0.2) is 0 Å². The van der Waals surface area contributed by atoms with E-state index in [4.69, 9.17) is 17.3 Å². The van der Waals surface area contributed by atoms with Crippen LogP contribution in [0.3, 0.4) is 0 Å². The van der Waals surface area contributed by atoms with Crippen LogP contribution >= 0.6 is 11.6 Å². The first kappa shape index (κ1) is 10.9. The number of hydrogen-bond acceptors (Lipinski definition) is 3. The number of nitrogens with one attached hydrogen (secondary N) is 2. The Hall–Kier alpha value is -2.20. The van der Waals surface area contributed by atoms with Gasteiger partial charge in [0.05, 0.1) is 33.8 Å². The van der Waals surface area contributed by atoms with E-state index in [2.05, 4.69) is 15.5 Å². The Morgan fingerprint density at radius 2 is 2.00 bits per heavy atom. The third kappa shape index (κ3) is 1.87. The lowest BCUT2D eigenvalue weighted by Gasteiger charge is -2.10. The molecule has 0 saturated carbocycles. The number of nitrogens with two attached hydrogens (primary N) is 1. The van der Waals surface area contributed by atoms with Crippen LogP contribution in [-0.2, 0) is 0 Å². The zero-order chi connectivity index (χ0) is 12.5. The van der Waals surface area contributed by atoms with Crippen LogP contribution in [0.15, 0.2) is 42.6 Å². The number of nitrogen functional groups attached to an aromatic ring is 1. The molecule has 0 aliphatic heterocycles. The van der Waals surface area contributed by atoms with Crippen LogP contribution in [0.1, 0.15) is 0 Å². The molecular weight excluding hydrogens is 248 g/mol. The molecule has 0 amide bonds. The predicted molar refractivity (Wildman–Crippen MR) is 75.2 cm³/mol. The Labute approximate surface area is 109 Å². The van der Waals surface area contributed by atoms with E-state index in [-0.39, 0.29) is 0 Å². The molecule has 0 fully saturated rings. The summed E-state index contributed by atoms with van der Waals surface area (Å²) in [7, 11) is 0. The molecule has 0 bridgehead atoms. The summed E-state index contributed by atoms with van der Waals surface area (Å²) in [6, 6.07) is 11.3. The van der Waals surface area contributed by atoms with Crippen molar-refractivity contribution in [2.75, 3.05) is 11.1 Å². The zero-order valence-electron chi connectivity index (χ0n) is 9.44. The summed E-state index contributed by atoms with van der Waals surface area (Å²) in [6.45, 7) is 0. The van der Waals surface area contributed by atoms with Crippen molar-refractivity contribution < 1.29 is 0 Å². The molecule has 90 valence electrons. The van der Waals surface area contributed by atoms with Crippen molar-refractivity contribution in [3.05, 3.63) is 47.6 Å². The summed E-state index contributed by atoms with van der Waals surface area (Å²) in [6.07, 6.45) is 1.74. The summed E-state index contributed by atoms with van der Waals surface area (Å²) in [5, 5.41) is 11.7. The summed E-state index contributed by atoms with van der Waals surface area (Å²) in [5.74, 6) is 0. The fraction of sp³-hybridized carbons (Fsp3) is 0. The van der Waals surface area contributed by atoms with Crippen LogP contribution < -0.4 is 11.1 Å². The van der Waals surface area contributed by atoms with Gasteiger partial charge in [0.2, 0.25) is 0 Å². The standard InChI is InChI=1S/C13H11ClN4/c14-9-3-1-2-4-11(9)17-13-6-12-8(5-10(13)15)7-16-18-12/h1-7,17H,15H2,(H,16,18). The average molecular weight is 259 g/mol. The first-order chi connectivity index (χ1) is 8.74. The first-order valence-electron chi connectivity index (χ1n) is 5.48. The van der Waals surface area contributed by atoms with Gasteiger partial charge in [0.1, 0.15) is 0 Å². The number of halogens is 1. The number of aromatic amines is 1. The summed E-state index contributed by atoms with van der Waals surface area (Å²) < 4.78 is 0. The molecule has 3 aromatic rings. The molecule has 18 heavy (non-hydrogen) atoms. The number of fused-ring (bicyclic) bond motifs is 1. The Morgan fingerprint density at radius 3 is 2.83 bits per heavy atom. The highest BCUT2D eigenvalue weighted by Crippen LogP contribution is 2.30. The molecule has 4 N–H and O–H groups in total. The second-order valence-electron chi connectivity index (χ2n) is 4.00. The molecule has 3 rings (SSSR count). The average Bonchev–Trinajstić information content (AvgIpc) is 2.79. The van der Waals surface area contributed by atoms with Gasteiger partial charge in [0, 0.05) is 5.39 Å². The molecule has 4 nitrogen and oxygen atoms in total. The second kappa shape index (κ2) is 4.23. The molecule has 0 spiro atoms. The van der Waals surface area contributed by atoms with Crippen molar-refractivity contribution in [1.29, 1.82) is 0 Å². The normalized spacial score (nSPS) is 10.7. The minimum absolute atomic E-state index is 0.654. The van der Waals surface area contributed by atoms with E-state index in [9.17, 15) is 0 Å². The van der Waals surface area contributed by atoms with Crippen LogP contribution in [0.5, 0.6) is 0 Å². The van der Waals surface area contributed by atoms with E-state index in [0.717, 1.165) is 22.3 Å². The van der Waals surface area contributed by atoms with Gasteiger partial charge >= 0.3 is 0 Å². The van der Waals surface area contributed by atoms with E-state index in [1.807, 2.05) is 36.4 Å². The van der Waals surface area contributed by atoms with Gasteiger partial charge in [0.25, 0.3) is 0 Å². The Bertz CT molecular complexity index is 705. The topological polar surface area (TPSA) is 66.7 Å². The molecule has 1 heterocycles. The van der Waals surface area contributed by atoms with Gasteiger partial charge in [-0.1, -0.05) is 23.7 Å². The predicted octanol–water partition coefficient (Wildman–Crippen LogP) is 3.54. The lowest BCUT2D eigenvalue weighted by molar-refractivity contribution is 1.12. The molecule has 2 aromatic carbocycles. The Kier molecular flexibility index (Phi) is 2.57. The molecule has 0 unspecified atom stereocenters. The lowest BCUT2D eigenvalue weighted by atomic mass is 10.2. The van der Waals surface area contributed by atoms with Crippen molar-refractivity contribution >= 4 is 39.6 Å². The fourth-order valence-electron chi connectivity index (χ4n) is 1.82. The van der Waals surface area contributed by atoms with E-state index in [1.165, 1.54) is 0 Å². The van der Waals surface area contributed by atoms with Crippen LogP contribution in [0.25, 0.3) is 10.9 Å². The highest BCUT2D eigenvalue weighted by atomic mass is 35.5. The number of aromatic nitrogens is 2. The SMILES string of the molecule is Nc1cc2cn[nH]c2cc1Nc1ccccc1Cl. The van der Waals surface area contributed by atoms with Crippen LogP contribution in [0, 0.1) is 0 Å². The number of nitrogens with zero attached hydrogens (tertiary/aromatic N) is 1. The van der Waals surface area contributed by atoms with Gasteiger partial charge in [-0.05, 0) is 24.3 Å². The lowest BCUT2D eigenvalue weighted by Crippen LogP contribution is -1.96. The van der Waals surface area contributed by atoms with Crippen molar-refractivity contribution in [3.8, 4) is 0 Å². The van der Waals surface area contributed by atoms with Crippen molar-refractivity contribution in [1.82, 2.24) is 10.2 Å². The highest BCUT2D eigenvalue weighted by Gasteiger charge is 2.05. The number of benzene rings is 2. The summed E-state index contributed by atoms with van der Waals surface area (Å²) in [4.78, 5) is 0. The van der Waals surface area contributed by atoms with Crippen LogP contribution in [-0.4, -0.2) is 10.2 Å². The van der Waals surface area contributed by atoms with Gasteiger partial charge in [-0.3, -0.25) is 5.10 Å². The number of para-hydroxylation sites is 1. The summed E-state index contributed by atoms with van der Waals surface area (Å²) in [5.41, 5.74) is 9.21. The molecule has 0 aliphatic carbocycles. The Morgan fingerprint density at radius 1 is 1.17 bits per heavy atom. The number of anilines is 3. The van der Waals surface area contributed by atoms with Crippen molar-refractivity contribution in [3.63, 3.8) is 0 Å². The monoisotopic (exact) mass is 258 g/mol. The minimum atomic E-state index is 0.654. The third-order valence-corrected chi connectivity index (χ3v) is 3.08. The molecule has 0 saturated heterocycles. The molecule has 0 aliphatic rings. The van der Waals surface area contributed by atoms with Crippen LogP contribution in [0.2, 0.25) is 5.02 Å². The third-order valence-electron chi connectivity index (χ3n) is 2.75. The maximum Gasteiger partial charge on any atom is 0.0672 e. The number of hydrogen-bond donors (Lipinski definition) is 3. The highest BCUT2D eigenvalue weighted by molar-refractivity contribution is 6.33. The zero-order valence-corrected chi connectivity index (χ0v) is 10.2. The second-order valence-corrected chi connectivity index (χ2v) is 4.41. The smallest absolute Gasteiger partial charge is 0.0672 e. The van der Waals surface area contributed by atoms with Gasteiger partial charge in [-0.25, -0.2) is 0 Å². The molecular formula is C13H11ClN4. The van der Waals surface area contributed by atoms with E-state index >= 15 is 0 Å². The van der Waals surface area contributed by atoms with E-state index < -0.39 is 0 Å². The number of H-pyrrole nitrogens is 1. The largest absolute Gasteiger partial charge is 0.397 e. The minimum Gasteiger partial charge on any atom is -0.397 e. The van der Waals surface area contributed by atoms with Gasteiger partial charge in [-0.2, -0.15) is 5.10 Å². The maximum atomic E-state index is 6.10. The Balaban J connectivity index is 2.04. The maximum absolute atomic E-state index is 6.10. The van der Waals surface area contributed by atoms with Crippen LogP contribution in [0.4, 0.5) is 17.1 Å². The van der Waals surface area contributed by atoms with Gasteiger partial charge < -0.3 is 11.1 Å². The van der Waals surface area contributed by atoms with E-state index in [0.29, 0.717) is 10.7 Å². The van der Waals surface area contributed by atoms with Crippen molar-refractivity contribution in [2.24, 2.45) is 0 Å². The molecule has 0 radical (unpaired) electrons. The van der Waals surface area contributed by atoms with Crippen molar-refractivity contribution in [2.45, 2.75) is 0 Å². The summed E-state index contributed by atoms with van der Waals surface area (Å²) >= 11 is 6.10. The first-order valence-corrected chi connectivity index (χ1v) is 5.86. The fourth-order valence-corrected chi connectivity index (χ4v) is 2.01. The van der Waals surface area contributed by atoms with Gasteiger partial charge in [-0.15, -0.1) is 0 Å². The van der Waals surface area contributed by atoms with E-state index in [1.54, 1.807) is 6.20 Å². The quantitative estimate of drug-likeness (QED) is 0.616.